The number of carbonyl (C=O) groups excluding carboxylic acids is 2. The summed E-state index contributed by atoms with van der Waals surface area (Å²) in [6, 6.07) is 16.4. The van der Waals surface area contributed by atoms with Gasteiger partial charge in [0.05, 0.1) is 0 Å². The van der Waals surface area contributed by atoms with E-state index in [0.717, 1.165) is 5.56 Å². The fourth-order valence-corrected chi connectivity index (χ4v) is 3.92. The molecule has 1 aliphatic heterocycles. The Morgan fingerprint density at radius 1 is 0.909 bits per heavy atom. The largest absolute Gasteiger partial charge is 0.449 e. The van der Waals surface area contributed by atoms with Gasteiger partial charge in [-0.1, -0.05) is 29.8 Å². The van der Waals surface area contributed by atoms with Gasteiger partial charge < -0.3 is 19.5 Å². The number of para-hydroxylation sites is 1. The van der Waals surface area contributed by atoms with Crippen LogP contribution in [0.25, 0.3) is 11.0 Å². The fourth-order valence-electron chi connectivity index (χ4n) is 3.92. The van der Waals surface area contributed by atoms with Crippen molar-refractivity contribution in [2.45, 2.75) is 6.92 Å². The quantitative estimate of drug-likeness (QED) is 0.519. The van der Waals surface area contributed by atoms with Crippen molar-refractivity contribution in [3.05, 3.63) is 83.9 Å². The first kappa shape index (κ1) is 20.7. The van der Waals surface area contributed by atoms with E-state index < -0.39 is 0 Å². The molecule has 1 fully saturated rings. The molecule has 1 N–H and O–H groups in total. The Balaban J connectivity index is 1.39. The number of benzene rings is 2. The number of hydrogen-bond acceptors (Lipinski definition) is 6. The van der Waals surface area contributed by atoms with Crippen LogP contribution in [0, 0.1) is 6.92 Å². The number of hydrogen-bond donors (Lipinski definition) is 1. The monoisotopic (exact) mass is 441 g/mol. The van der Waals surface area contributed by atoms with E-state index >= 15 is 0 Å². The lowest BCUT2D eigenvalue weighted by Gasteiger charge is -2.34. The Kier molecular flexibility index (Phi) is 5.48. The zero-order valence-corrected chi connectivity index (χ0v) is 18.2. The Bertz CT molecular complexity index is 1290. The van der Waals surface area contributed by atoms with E-state index in [0.29, 0.717) is 54.3 Å². The van der Waals surface area contributed by atoms with Gasteiger partial charge in [-0.05, 0) is 37.3 Å². The van der Waals surface area contributed by atoms with Crippen LogP contribution in [0.2, 0.25) is 0 Å². The maximum Gasteiger partial charge on any atom is 0.291 e. The van der Waals surface area contributed by atoms with Gasteiger partial charge in [0.1, 0.15) is 11.3 Å². The topological polar surface area (TPSA) is 91.6 Å². The molecule has 0 spiro atoms. The highest BCUT2D eigenvalue weighted by molar-refractivity contribution is 6.14. The van der Waals surface area contributed by atoms with Gasteiger partial charge in [0, 0.05) is 49.5 Å². The average molecular weight is 441 g/mol. The maximum atomic E-state index is 13.4. The molecule has 2 aromatic carbocycles. The summed E-state index contributed by atoms with van der Waals surface area (Å²) in [5.41, 5.74) is 2.53. The molecular formula is C25H23N5O3. The van der Waals surface area contributed by atoms with Crippen molar-refractivity contribution in [1.29, 1.82) is 0 Å². The molecule has 0 unspecified atom stereocenters. The molecule has 0 radical (unpaired) electrons. The first-order valence-electron chi connectivity index (χ1n) is 10.8. The number of carbonyl (C=O) groups is 2. The average Bonchev–Trinajstić information content (AvgIpc) is 3.23. The van der Waals surface area contributed by atoms with Crippen LogP contribution in [0.5, 0.6) is 0 Å². The summed E-state index contributed by atoms with van der Waals surface area (Å²) < 4.78 is 5.94. The zero-order chi connectivity index (χ0) is 22.8. The lowest BCUT2D eigenvalue weighted by molar-refractivity contribution is 0.0718. The van der Waals surface area contributed by atoms with Gasteiger partial charge in [0.25, 0.3) is 11.8 Å². The summed E-state index contributed by atoms with van der Waals surface area (Å²) in [5.74, 6) is 0.251. The predicted molar refractivity (Wildman–Crippen MR) is 125 cm³/mol. The minimum absolute atomic E-state index is 0.140. The van der Waals surface area contributed by atoms with Gasteiger partial charge in [-0.25, -0.2) is 9.97 Å². The van der Waals surface area contributed by atoms with Crippen LogP contribution in [0.3, 0.4) is 0 Å². The molecule has 0 bridgehead atoms. The summed E-state index contributed by atoms with van der Waals surface area (Å²) in [5, 5.41) is 3.61. The molecule has 2 amide bonds. The van der Waals surface area contributed by atoms with Crippen molar-refractivity contribution < 1.29 is 14.0 Å². The normalized spacial score (nSPS) is 13.8. The predicted octanol–water partition coefficient (Wildman–Crippen LogP) is 3.75. The summed E-state index contributed by atoms with van der Waals surface area (Å²) in [6.07, 6.45) is 3.41. The van der Waals surface area contributed by atoms with Gasteiger partial charge in [-0.2, -0.15) is 0 Å². The second-order valence-electron chi connectivity index (χ2n) is 7.95. The van der Waals surface area contributed by atoms with Gasteiger partial charge in [-0.3, -0.25) is 9.59 Å². The lowest BCUT2D eigenvalue weighted by atomic mass is 10.1. The van der Waals surface area contributed by atoms with Gasteiger partial charge in [0.2, 0.25) is 11.7 Å². The smallest absolute Gasteiger partial charge is 0.291 e. The van der Waals surface area contributed by atoms with Gasteiger partial charge >= 0.3 is 0 Å². The minimum Gasteiger partial charge on any atom is -0.449 e. The SMILES string of the molecule is Cc1ccc(C(=O)Nc2c(C(=O)N3CCN(c4ncccn4)CC3)oc3ccccc23)cc1. The summed E-state index contributed by atoms with van der Waals surface area (Å²) >= 11 is 0. The summed E-state index contributed by atoms with van der Waals surface area (Å²) in [4.78, 5) is 38.7. The number of aryl methyl sites for hydroxylation is 1. The molecule has 0 atom stereocenters. The summed E-state index contributed by atoms with van der Waals surface area (Å²) in [6.45, 7) is 4.19. The highest BCUT2D eigenvalue weighted by atomic mass is 16.3. The third-order valence-electron chi connectivity index (χ3n) is 5.74. The van der Waals surface area contributed by atoms with Crippen LogP contribution >= 0.6 is 0 Å². The number of nitrogens with zero attached hydrogens (tertiary/aromatic N) is 4. The molecule has 1 saturated heterocycles. The number of furan rings is 1. The van der Waals surface area contributed by atoms with E-state index in [1.165, 1.54) is 0 Å². The first-order chi connectivity index (χ1) is 16.1. The van der Waals surface area contributed by atoms with Crippen LogP contribution in [0.1, 0.15) is 26.5 Å². The van der Waals surface area contributed by atoms with E-state index in [4.69, 9.17) is 4.42 Å². The standard InChI is InChI=1S/C25H23N5O3/c1-17-7-9-18(10-8-17)23(31)28-21-19-5-2-3-6-20(19)33-22(21)24(32)29-13-15-30(16-14-29)25-26-11-4-12-27-25/h2-12H,13-16H2,1H3,(H,28,31). The van der Waals surface area contributed by atoms with E-state index in [9.17, 15) is 9.59 Å². The van der Waals surface area contributed by atoms with Crippen molar-refractivity contribution in [1.82, 2.24) is 14.9 Å². The van der Waals surface area contributed by atoms with E-state index in [2.05, 4.69) is 15.3 Å². The highest BCUT2D eigenvalue weighted by Gasteiger charge is 2.29. The molecule has 4 aromatic rings. The number of rotatable bonds is 4. The second-order valence-corrected chi connectivity index (χ2v) is 7.95. The molecule has 0 aliphatic carbocycles. The second kappa shape index (κ2) is 8.74. The molecular weight excluding hydrogens is 418 g/mol. The number of nitrogens with one attached hydrogen (secondary N) is 1. The van der Waals surface area contributed by atoms with Gasteiger partial charge in [-0.15, -0.1) is 0 Å². The van der Waals surface area contributed by atoms with Crippen LogP contribution in [0.4, 0.5) is 11.6 Å². The Morgan fingerprint density at radius 2 is 1.61 bits per heavy atom. The Morgan fingerprint density at radius 3 is 2.33 bits per heavy atom. The molecule has 5 rings (SSSR count). The highest BCUT2D eigenvalue weighted by Crippen LogP contribution is 2.32. The first-order valence-corrected chi connectivity index (χ1v) is 10.8. The Hall–Kier alpha value is -4.20. The van der Waals surface area contributed by atoms with Crippen molar-refractivity contribution in [3.8, 4) is 0 Å². The number of aromatic nitrogens is 2. The third kappa shape index (κ3) is 4.15. The van der Waals surface area contributed by atoms with E-state index in [1.54, 1.807) is 41.6 Å². The van der Waals surface area contributed by atoms with E-state index in [-0.39, 0.29) is 17.6 Å². The minimum atomic E-state index is -0.290. The number of piperazine rings is 1. The molecule has 3 heterocycles. The zero-order valence-electron chi connectivity index (χ0n) is 18.2. The number of fused-ring (bicyclic) bond motifs is 1. The number of anilines is 2. The van der Waals surface area contributed by atoms with Crippen LogP contribution in [-0.4, -0.2) is 52.9 Å². The fraction of sp³-hybridized carbons (Fsp3) is 0.200. The molecule has 8 heteroatoms. The molecule has 33 heavy (non-hydrogen) atoms. The van der Waals surface area contributed by atoms with E-state index in [1.807, 2.05) is 42.2 Å². The summed E-state index contributed by atoms with van der Waals surface area (Å²) in [7, 11) is 0. The maximum absolute atomic E-state index is 13.4. The van der Waals surface area contributed by atoms with Crippen molar-refractivity contribution >= 4 is 34.4 Å². The van der Waals surface area contributed by atoms with Crippen molar-refractivity contribution in [2.75, 3.05) is 36.4 Å². The lowest BCUT2D eigenvalue weighted by Crippen LogP contribution is -2.49. The van der Waals surface area contributed by atoms with Crippen molar-refractivity contribution in [2.24, 2.45) is 0 Å². The van der Waals surface area contributed by atoms with Crippen molar-refractivity contribution in [3.63, 3.8) is 0 Å². The molecule has 2 aromatic heterocycles. The number of amides is 2. The Labute approximate surface area is 190 Å². The van der Waals surface area contributed by atoms with Crippen LogP contribution in [-0.2, 0) is 0 Å². The van der Waals surface area contributed by atoms with Gasteiger partial charge in [0.15, 0.2) is 0 Å². The molecule has 1 aliphatic rings. The third-order valence-corrected chi connectivity index (χ3v) is 5.74. The molecule has 8 nitrogen and oxygen atoms in total. The molecule has 166 valence electrons. The van der Waals surface area contributed by atoms with Crippen LogP contribution in [0.15, 0.2) is 71.4 Å². The van der Waals surface area contributed by atoms with Crippen LogP contribution < -0.4 is 10.2 Å². The molecule has 0 saturated carbocycles.